The van der Waals surface area contributed by atoms with Gasteiger partial charge in [0.15, 0.2) is 11.4 Å². The SMILES string of the molecule is Cc1ccc(C(=O)N[C@@H](CO)C(=O)NC(CC(C)C)C(=O)C2(CO)CO2)cc1Cl. The highest BCUT2D eigenvalue weighted by molar-refractivity contribution is 6.31. The van der Waals surface area contributed by atoms with Crippen LogP contribution in [0.5, 0.6) is 0 Å². The van der Waals surface area contributed by atoms with Gasteiger partial charge in [0, 0.05) is 10.6 Å². The van der Waals surface area contributed by atoms with Crippen molar-refractivity contribution in [1.29, 1.82) is 0 Å². The van der Waals surface area contributed by atoms with Crippen molar-refractivity contribution in [3.8, 4) is 0 Å². The molecule has 160 valence electrons. The molecule has 1 saturated heterocycles. The molecular weight excluding hydrogens is 400 g/mol. The van der Waals surface area contributed by atoms with Crippen LogP contribution in [0.1, 0.15) is 36.2 Å². The van der Waals surface area contributed by atoms with E-state index in [2.05, 4.69) is 10.6 Å². The van der Waals surface area contributed by atoms with Crippen molar-refractivity contribution in [2.24, 2.45) is 5.92 Å². The maximum Gasteiger partial charge on any atom is 0.252 e. The van der Waals surface area contributed by atoms with Crippen LogP contribution in [-0.4, -0.2) is 65.3 Å². The molecule has 1 aromatic rings. The summed E-state index contributed by atoms with van der Waals surface area (Å²) >= 11 is 6.03. The molecule has 1 aromatic carbocycles. The zero-order valence-corrected chi connectivity index (χ0v) is 17.5. The number of aliphatic hydroxyl groups is 2. The Morgan fingerprint density at radius 1 is 1.21 bits per heavy atom. The largest absolute Gasteiger partial charge is 0.394 e. The van der Waals surface area contributed by atoms with Crippen LogP contribution < -0.4 is 10.6 Å². The second-order valence-electron chi connectivity index (χ2n) is 7.67. The van der Waals surface area contributed by atoms with Crippen molar-refractivity contribution in [3.63, 3.8) is 0 Å². The minimum atomic E-state index is -1.27. The maximum absolute atomic E-state index is 12.7. The van der Waals surface area contributed by atoms with E-state index in [-0.39, 0.29) is 18.1 Å². The third kappa shape index (κ3) is 5.76. The van der Waals surface area contributed by atoms with Crippen LogP contribution in [0.3, 0.4) is 0 Å². The summed E-state index contributed by atoms with van der Waals surface area (Å²) in [5.41, 5.74) is -0.231. The van der Waals surface area contributed by atoms with E-state index >= 15 is 0 Å². The number of carbonyl (C=O) groups is 3. The number of epoxide rings is 1. The Labute approximate surface area is 174 Å². The molecule has 1 heterocycles. The minimum Gasteiger partial charge on any atom is -0.394 e. The van der Waals surface area contributed by atoms with E-state index in [0.717, 1.165) is 5.56 Å². The van der Waals surface area contributed by atoms with Crippen LogP contribution in [0.2, 0.25) is 5.02 Å². The molecule has 1 aliphatic rings. The first-order chi connectivity index (χ1) is 13.6. The lowest BCUT2D eigenvalue weighted by molar-refractivity contribution is -0.133. The summed E-state index contributed by atoms with van der Waals surface area (Å²) in [6.07, 6.45) is 0.329. The van der Waals surface area contributed by atoms with E-state index in [0.29, 0.717) is 11.4 Å². The number of ketones is 1. The number of halogens is 1. The van der Waals surface area contributed by atoms with Gasteiger partial charge in [0.05, 0.1) is 25.9 Å². The van der Waals surface area contributed by atoms with Gasteiger partial charge in [-0.3, -0.25) is 14.4 Å². The Bertz CT molecular complexity index is 778. The zero-order chi connectivity index (χ0) is 21.8. The van der Waals surface area contributed by atoms with Gasteiger partial charge in [-0.1, -0.05) is 31.5 Å². The summed E-state index contributed by atoms with van der Waals surface area (Å²) in [4.78, 5) is 37.7. The molecule has 9 heteroatoms. The number of rotatable bonds is 10. The Hall–Kier alpha value is -2.00. The van der Waals surface area contributed by atoms with Crippen molar-refractivity contribution < 1.29 is 29.3 Å². The number of Topliss-reactive ketones (excluding diaryl/α,β-unsaturated/α-hetero) is 1. The molecule has 0 aliphatic carbocycles. The number of nitrogens with one attached hydrogen (secondary N) is 2. The number of benzene rings is 1. The third-order valence-electron chi connectivity index (χ3n) is 4.78. The number of carbonyl (C=O) groups excluding carboxylic acids is 3. The highest BCUT2D eigenvalue weighted by Gasteiger charge is 2.54. The molecule has 0 bridgehead atoms. The minimum absolute atomic E-state index is 0.0793. The standard InChI is InChI=1S/C20H27ClN2O6/c1-11(2)6-15(17(26)20(9-25)10-29-20)22-19(28)16(8-24)23-18(27)13-5-4-12(3)14(21)7-13/h4-5,7,11,15-16,24-25H,6,8-10H2,1-3H3,(H,22,28)(H,23,27)/t15?,16-,20?/m0/s1. The summed E-state index contributed by atoms with van der Waals surface area (Å²) < 4.78 is 5.10. The zero-order valence-electron chi connectivity index (χ0n) is 16.7. The van der Waals surface area contributed by atoms with Crippen molar-refractivity contribution >= 4 is 29.2 Å². The Morgan fingerprint density at radius 2 is 1.86 bits per heavy atom. The van der Waals surface area contributed by atoms with Gasteiger partial charge in [-0.15, -0.1) is 0 Å². The van der Waals surface area contributed by atoms with E-state index < -0.39 is 48.5 Å². The van der Waals surface area contributed by atoms with Crippen molar-refractivity contribution in [2.75, 3.05) is 19.8 Å². The first-order valence-corrected chi connectivity index (χ1v) is 9.78. The summed E-state index contributed by atoms with van der Waals surface area (Å²) in [6, 6.07) is 2.54. The van der Waals surface area contributed by atoms with Gasteiger partial charge in [0.25, 0.3) is 5.91 Å². The predicted octanol–water partition coefficient (Wildman–Crippen LogP) is 0.600. The smallest absolute Gasteiger partial charge is 0.252 e. The van der Waals surface area contributed by atoms with Gasteiger partial charge in [-0.25, -0.2) is 0 Å². The van der Waals surface area contributed by atoms with E-state index in [9.17, 15) is 24.6 Å². The highest BCUT2D eigenvalue weighted by Crippen LogP contribution is 2.30. The van der Waals surface area contributed by atoms with Crippen LogP contribution in [0.4, 0.5) is 0 Å². The predicted molar refractivity (Wildman–Crippen MR) is 107 cm³/mol. The third-order valence-corrected chi connectivity index (χ3v) is 5.18. The quantitative estimate of drug-likeness (QED) is 0.405. The van der Waals surface area contributed by atoms with Crippen molar-refractivity contribution in [2.45, 2.75) is 44.9 Å². The number of hydrogen-bond donors (Lipinski definition) is 4. The van der Waals surface area contributed by atoms with Gasteiger partial charge < -0.3 is 25.6 Å². The van der Waals surface area contributed by atoms with Crippen LogP contribution in [0.15, 0.2) is 18.2 Å². The normalized spacial score (nSPS) is 20.1. The number of ether oxygens (including phenoxy) is 1. The van der Waals surface area contributed by atoms with Gasteiger partial charge in [-0.2, -0.15) is 0 Å². The molecule has 1 aliphatic heterocycles. The molecule has 0 aromatic heterocycles. The molecule has 2 unspecified atom stereocenters. The summed E-state index contributed by atoms with van der Waals surface area (Å²) in [5, 5.41) is 24.4. The van der Waals surface area contributed by atoms with Crippen LogP contribution in [-0.2, 0) is 14.3 Å². The first-order valence-electron chi connectivity index (χ1n) is 9.41. The van der Waals surface area contributed by atoms with E-state index in [1.54, 1.807) is 19.1 Å². The summed E-state index contributed by atoms with van der Waals surface area (Å²) in [7, 11) is 0. The second kappa shape index (κ2) is 9.67. The molecule has 3 atom stereocenters. The van der Waals surface area contributed by atoms with Gasteiger partial charge >= 0.3 is 0 Å². The molecule has 0 spiro atoms. The topological polar surface area (TPSA) is 128 Å². The fourth-order valence-electron chi connectivity index (χ4n) is 2.86. The van der Waals surface area contributed by atoms with Crippen molar-refractivity contribution in [1.82, 2.24) is 10.6 Å². The highest BCUT2D eigenvalue weighted by atomic mass is 35.5. The molecule has 0 radical (unpaired) electrons. The molecule has 8 nitrogen and oxygen atoms in total. The van der Waals surface area contributed by atoms with Crippen LogP contribution in [0, 0.1) is 12.8 Å². The van der Waals surface area contributed by atoms with E-state index in [4.69, 9.17) is 16.3 Å². The molecule has 4 N–H and O–H groups in total. The molecule has 2 amide bonds. The fourth-order valence-corrected chi connectivity index (χ4v) is 3.04. The summed E-state index contributed by atoms with van der Waals surface area (Å²) in [5.74, 6) is -1.62. The van der Waals surface area contributed by atoms with E-state index in [1.165, 1.54) is 6.07 Å². The van der Waals surface area contributed by atoms with Crippen molar-refractivity contribution in [3.05, 3.63) is 34.3 Å². The number of aliphatic hydroxyl groups excluding tert-OH is 2. The lowest BCUT2D eigenvalue weighted by Gasteiger charge is -2.24. The number of hydrogen-bond acceptors (Lipinski definition) is 6. The Balaban J connectivity index is 2.08. The van der Waals surface area contributed by atoms with Crippen LogP contribution >= 0.6 is 11.6 Å². The summed E-state index contributed by atoms with van der Waals surface area (Å²) in [6.45, 7) is 4.55. The van der Waals surface area contributed by atoms with Gasteiger partial charge in [0.1, 0.15) is 6.04 Å². The monoisotopic (exact) mass is 426 g/mol. The van der Waals surface area contributed by atoms with Gasteiger partial charge in [0.2, 0.25) is 5.91 Å². The number of amides is 2. The van der Waals surface area contributed by atoms with Gasteiger partial charge in [-0.05, 0) is 37.0 Å². The lowest BCUT2D eigenvalue weighted by atomic mass is 9.92. The number of aryl methyl sites for hydroxylation is 1. The molecule has 1 fully saturated rings. The molecule has 0 saturated carbocycles. The second-order valence-corrected chi connectivity index (χ2v) is 8.08. The Kier molecular flexibility index (Phi) is 7.76. The molecule has 29 heavy (non-hydrogen) atoms. The molecule has 2 rings (SSSR count). The maximum atomic E-state index is 12.7. The van der Waals surface area contributed by atoms with Crippen LogP contribution in [0.25, 0.3) is 0 Å². The van der Waals surface area contributed by atoms with E-state index in [1.807, 2.05) is 13.8 Å². The Morgan fingerprint density at radius 3 is 2.34 bits per heavy atom. The lowest BCUT2D eigenvalue weighted by Crippen LogP contribution is -2.55. The molecular formula is C20H27ClN2O6. The average molecular weight is 427 g/mol. The fraction of sp³-hybridized carbons (Fsp3) is 0.550. The average Bonchev–Trinajstić information content (AvgIpc) is 3.47. The first kappa shape index (κ1) is 23.3.